The zero-order valence-corrected chi connectivity index (χ0v) is 12.9. The second-order valence-corrected chi connectivity index (χ2v) is 6.02. The highest BCUT2D eigenvalue weighted by Crippen LogP contribution is 2.31. The summed E-state index contributed by atoms with van der Waals surface area (Å²) in [4.78, 5) is 4.54. The van der Waals surface area contributed by atoms with E-state index in [0.29, 0.717) is 17.2 Å². The summed E-state index contributed by atoms with van der Waals surface area (Å²) in [6, 6.07) is 3.96. The van der Waals surface area contributed by atoms with E-state index in [1.54, 1.807) is 13.8 Å². The van der Waals surface area contributed by atoms with Crippen molar-refractivity contribution in [2.24, 2.45) is 0 Å². The smallest absolute Gasteiger partial charge is 0.126 e. The summed E-state index contributed by atoms with van der Waals surface area (Å²) in [5.74, 6) is -0.243. The van der Waals surface area contributed by atoms with Crippen LogP contribution in [-0.2, 0) is 0 Å². The van der Waals surface area contributed by atoms with Gasteiger partial charge in [0.05, 0.1) is 6.10 Å². The summed E-state index contributed by atoms with van der Waals surface area (Å²) in [6.07, 6.45) is 1.55. The zero-order valence-electron chi connectivity index (χ0n) is 12.9. The minimum Gasteiger partial charge on any atom is -0.389 e. The van der Waals surface area contributed by atoms with Crippen molar-refractivity contribution in [2.75, 3.05) is 32.1 Å². The second kappa shape index (κ2) is 6.10. The number of piperidine rings is 1. The number of aryl methyl sites for hydroxylation is 1. The first-order valence-electron chi connectivity index (χ1n) is 7.29. The molecule has 4 heteroatoms. The van der Waals surface area contributed by atoms with Crippen LogP contribution in [0.15, 0.2) is 12.1 Å². The highest BCUT2D eigenvalue weighted by atomic mass is 19.1. The Morgan fingerprint density at radius 3 is 2.40 bits per heavy atom. The SMILES string of the molecule is Cc1cc(N2CCC(N(C)C)CC2)c(C(C)O)cc1F. The standard InChI is InChI=1S/C16H25FN2O/c1-11-9-16(14(12(2)20)10-15(11)17)19-7-5-13(6-8-19)18(3)4/h9-10,12-13,20H,5-8H2,1-4H3. The molecule has 1 aromatic rings. The van der Waals surface area contributed by atoms with E-state index in [1.807, 2.05) is 6.07 Å². The van der Waals surface area contributed by atoms with Crippen LogP contribution in [0.3, 0.4) is 0 Å². The van der Waals surface area contributed by atoms with Crippen LogP contribution in [0.2, 0.25) is 0 Å². The third-order valence-corrected chi connectivity index (χ3v) is 4.29. The van der Waals surface area contributed by atoms with Crippen LogP contribution in [0.1, 0.15) is 37.0 Å². The van der Waals surface area contributed by atoms with Gasteiger partial charge in [-0.3, -0.25) is 0 Å². The van der Waals surface area contributed by atoms with E-state index >= 15 is 0 Å². The number of rotatable bonds is 3. The molecule has 1 saturated heterocycles. The molecule has 2 rings (SSSR count). The normalized spacial score (nSPS) is 18.6. The van der Waals surface area contributed by atoms with Crippen molar-refractivity contribution in [3.63, 3.8) is 0 Å². The van der Waals surface area contributed by atoms with Gasteiger partial charge in [0.1, 0.15) is 5.82 Å². The van der Waals surface area contributed by atoms with E-state index < -0.39 is 6.10 Å². The molecule has 0 bridgehead atoms. The second-order valence-electron chi connectivity index (χ2n) is 6.02. The first-order chi connectivity index (χ1) is 9.40. The van der Waals surface area contributed by atoms with Crippen molar-refractivity contribution in [1.82, 2.24) is 4.90 Å². The predicted molar refractivity (Wildman–Crippen MR) is 80.7 cm³/mol. The van der Waals surface area contributed by atoms with Crippen LogP contribution in [0, 0.1) is 12.7 Å². The van der Waals surface area contributed by atoms with Crippen molar-refractivity contribution in [2.45, 2.75) is 38.8 Å². The molecular formula is C16H25FN2O. The number of halogens is 1. The largest absolute Gasteiger partial charge is 0.389 e. The molecule has 0 amide bonds. The molecule has 1 heterocycles. The lowest BCUT2D eigenvalue weighted by molar-refractivity contribution is 0.198. The molecule has 20 heavy (non-hydrogen) atoms. The Labute approximate surface area is 121 Å². The molecule has 112 valence electrons. The number of nitrogens with zero attached hydrogens (tertiary/aromatic N) is 2. The maximum absolute atomic E-state index is 13.7. The minimum atomic E-state index is -0.647. The van der Waals surface area contributed by atoms with Crippen LogP contribution in [0.4, 0.5) is 10.1 Å². The molecule has 0 aliphatic carbocycles. The Hall–Kier alpha value is -1.13. The molecule has 1 aromatic carbocycles. The molecule has 0 spiro atoms. The molecule has 1 unspecified atom stereocenters. The Bertz CT molecular complexity index is 466. The molecule has 3 nitrogen and oxygen atoms in total. The van der Waals surface area contributed by atoms with Crippen molar-refractivity contribution in [3.8, 4) is 0 Å². The van der Waals surface area contributed by atoms with Gasteiger partial charge in [-0.25, -0.2) is 4.39 Å². The lowest BCUT2D eigenvalue weighted by atomic mass is 9.99. The quantitative estimate of drug-likeness (QED) is 0.922. The number of aliphatic hydroxyl groups excluding tert-OH is 1. The van der Waals surface area contributed by atoms with Gasteiger partial charge < -0.3 is 14.9 Å². The van der Waals surface area contributed by atoms with Crippen molar-refractivity contribution in [3.05, 3.63) is 29.1 Å². The van der Waals surface area contributed by atoms with Crippen LogP contribution in [0.25, 0.3) is 0 Å². The van der Waals surface area contributed by atoms with Gasteiger partial charge in [0.25, 0.3) is 0 Å². The maximum Gasteiger partial charge on any atom is 0.126 e. The van der Waals surface area contributed by atoms with Gasteiger partial charge in [-0.05, 0) is 58.5 Å². The van der Waals surface area contributed by atoms with Gasteiger partial charge in [-0.15, -0.1) is 0 Å². The summed E-state index contributed by atoms with van der Waals surface area (Å²) >= 11 is 0. The molecule has 1 aliphatic heterocycles. The first kappa shape index (κ1) is 15.3. The van der Waals surface area contributed by atoms with E-state index in [-0.39, 0.29) is 5.82 Å². The molecule has 1 aliphatic rings. The maximum atomic E-state index is 13.7. The van der Waals surface area contributed by atoms with E-state index in [2.05, 4.69) is 23.9 Å². The number of hydrogen-bond donors (Lipinski definition) is 1. The molecular weight excluding hydrogens is 255 g/mol. The lowest BCUT2D eigenvalue weighted by Crippen LogP contribution is -2.42. The topological polar surface area (TPSA) is 26.7 Å². The van der Waals surface area contributed by atoms with Gasteiger partial charge in [0.2, 0.25) is 0 Å². The van der Waals surface area contributed by atoms with Gasteiger partial charge in [0, 0.05) is 30.4 Å². The summed E-state index contributed by atoms with van der Waals surface area (Å²) in [6.45, 7) is 5.37. The molecule has 1 N–H and O–H groups in total. The number of aliphatic hydroxyl groups is 1. The van der Waals surface area contributed by atoms with Crippen molar-refractivity contribution >= 4 is 5.69 Å². The fourth-order valence-electron chi connectivity index (χ4n) is 2.91. The number of hydrogen-bond acceptors (Lipinski definition) is 3. The van der Waals surface area contributed by atoms with Crippen LogP contribution in [0.5, 0.6) is 0 Å². The van der Waals surface area contributed by atoms with E-state index in [9.17, 15) is 9.50 Å². The Morgan fingerprint density at radius 2 is 1.90 bits per heavy atom. The fourth-order valence-corrected chi connectivity index (χ4v) is 2.91. The molecule has 1 atom stereocenters. The molecule has 1 fully saturated rings. The lowest BCUT2D eigenvalue weighted by Gasteiger charge is -2.37. The van der Waals surface area contributed by atoms with Crippen LogP contribution >= 0.6 is 0 Å². The third-order valence-electron chi connectivity index (χ3n) is 4.29. The zero-order chi connectivity index (χ0) is 14.9. The highest BCUT2D eigenvalue weighted by Gasteiger charge is 2.23. The van der Waals surface area contributed by atoms with Gasteiger partial charge in [0.15, 0.2) is 0 Å². The van der Waals surface area contributed by atoms with Crippen LogP contribution in [-0.4, -0.2) is 43.2 Å². The average molecular weight is 280 g/mol. The third kappa shape index (κ3) is 3.13. The van der Waals surface area contributed by atoms with E-state index in [4.69, 9.17) is 0 Å². The summed E-state index contributed by atoms with van der Waals surface area (Å²) in [7, 11) is 4.23. The summed E-state index contributed by atoms with van der Waals surface area (Å²) in [5.41, 5.74) is 2.31. The summed E-state index contributed by atoms with van der Waals surface area (Å²) < 4.78 is 13.7. The Kier molecular flexibility index (Phi) is 4.66. The minimum absolute atomic E-state index is 0.243. The monoisotopic (exact) mass is 280 g/mol. The molecule has 0 saturated carbocycles. The summed E-state index contributed by atoms with van der Waals surface area (Å²) in [5, 5.41) is 9.89. The average Bonchev–Trinajstić information content (AvgIpc) is 2.41. The highest BCUT2D eigenvalue weighted by molar-refractivity contribution is 5.57. The number of benzene rings is 1. The number of anilines is 1. The molecule has 0 radical (unpaired) electrons. The van der Waals surface area contributed by atoms with Gasteiger partial charge in [-0.2, -0.15) is 0 Å². The Morgan fingerprint density at radius 1 is 1.30 bits per heavy atom. The predicted octanol–water partition coefficient (Wildman–Crippen LogP) is 2.72. The first-order valence-corrected chi connectivity index (χ1v) is 7.29. The van der Waals surface area contributed by atoms with Gasteiger partial charge >= 0.3 is 0 Å². The fraction of sp³-hybridized carbons (Fsp3) is 0.625. The molecule has 0 aromatic heterocycles. The van der Waals surface area contributed by atoms with Crippen LogP contribution < -0.4 is 4.90 Å². The Balaban J connectivity index is 2.23. The van der Waals surface area contributed by atoms with Crippen molar-refractivity contribution < 1.29 is 9.50 Å². The van der Waals surface area contributed by atoms with Crippen molar-refractivity contribution in [1.29, 1.82) is 0 Å². The van der Waals surface area contributed by atoms with E-state index in [1.165, 1.54) is 6.07 Å². The van der Waals surface area contributed by atoms with E-state index in [0.717, 1.165) is 31.6 Å². The van der Waals surface area contributed by atoms with Gasteiger partial charge in [-0.1, -0.05) is 0 Å².